The van der Waals surface area contributed by atoms with Gasteiger partial charge in [0.15, 0.2) is 6.29 Å². The second-order valence-electron chi connectivity index (χ2n) is 2.44. The Morgan fingerprint density at radius 1 is 1.36 bits per heavy atom. The van der Waals surface area contributed by atoms with Gasteiger partial charge in [-0.25, -0.2) is 0 Å². The zero-order chi connectivity index (χ0) is 8.43. The van der Waals surface area contributed by atoms with Crippen molar-refractivity contribution in [1.82, 2.24) is 0 Å². The largest absolute Gasteiger partial charge is 0.389 e. The van der Waals surface area contributed by atoms with Crippen LogP contribution < -0.4 is 0 Å². The lowest BCUT2D eigenvalue weighted by molar-refractivity contribution is -0.216. The summed E-state index contributed by atoms with van der Waals surface area (Å²) in [7, 11) is 0. The van der Waals surface area contributed by atoms with Crippen LogP contribution in [0.2, 0.25) is 0 Å². The molecule has 0 spiro atoms. The van der Waals surface area contributed by atoms with Crippen LogP contribution in [0.5, 0.6) is 0 Å². The van der Waals surface area contributed by atoms with E-state index in [2.05, 4.69) is 4.74 Å². The molecule has 1 heterocycles. The van der Waals surface area contributed by atoms with Gasteiger partial charge in [-0.2, -0.15) is 5.26 Å². The third-order valence-electron chi connectivity index (χ3n) is 1.66. The van der Waals surface area contributed by atoms with Crippen molar-refractivity contribution in [3.63, 3.8) is 0 Å². The zero-order valence-corrected chi connectivity index (χ0v) is 5.71. The molecule has 62 valence electrons. The number of aliphatic hydroxyl groups is 3. The van der Waals surface area contributed by atoms with E-state index in [0.717, 1.165) is 0 Å². The molecule has 0 bridgehead atoms. The molecule has 1 aliphatic heterocycles. The SMILES string of the molecule is N#C[C@H]1[C@H](O)[C@H](O)CO[C@H]1O. The molecule has 0 unspecified atom stereocenters. The maximum atomic E-state index is 9.10. The summed E-state index contributed by atoms with van der Waals surface area (Å²) in [6.45, 7) is -0.138. The lowest BCUT2D eigenvalue weighted by atomic mass is 9.97. The van der Waals surface area contributed by atoms with E-state index < -0.39 is 24.4 Å². The summed E-state index contributed by atoms with van der Waals surface area (Å²) in [4.78, 5) is 0. The molecule has 4 atom stereocenters. The van der Waals surface area contributed by atoms with Gasteiger partial charge in [-0.15, -0.1) is 0 Å². The molecular formula is C6H9NO4. The van der Waals surface area contributed by atoms with Crippen molar-refractivity contribution >= 4 is 0 Å². The maximum Gasteiger partial charge on any atom is 0.173 e. The van der Waals surface area contributed by atoms with Gasteiger partial charge in [-0.3, -0.25) is 0 Å². The van der Waals surface area contributed by atoms with Crippen molar-refractivity contribution < 1.29 is 20.1 Å². The molecule has 0 aromatic heterocycles. The van der Waals surface area contributed by atoms with Crippen molar-refractivity contribution in [1.29, 1.82) is 5.26 Å². The van der Waals surface area contributed by atoms with E-state index in [9.17, 15) is 0 Å². The molecule has 1 aliphatic rings. The molecule has 1 rings (SSSR count). The first-order valence-corrected chi connectivity index (χ1v) is 3.22. The van der Waals surface area contributed by atoms with E-state index in [1.807, 2.05) is 0 Å². The third-order valence-corrected chi connectivity index (χ3v) is 1.66. The highest BCUT2D eigenvalue weighted by molar-refractivity contribution is 4.95. The first-order chi connectivity index (χ1) is 5.16. The van der Waals surface area contributed by atoms with Crippen LogP contribution in [0, 0.1) is 17.2 Å². The topological polar surface area (TPSA) is 93.7 Å². The summed E-state index contributed by atoms with van der Waals surface area (Å²) in [5, 5.41) is 35.4. The van der Waals surface area contributed by atoms with Gasteiger partial charge in [0.1, 0.15) is 18.1 Å². The van der Waals surface area contributed by atoms with Crippen LogP contribution in [0.1, 0.15) is 0 Å². The van der Waals surface area contributed by atoms with Gasteiger partial charge in [-0.05, 0) is 0 Å². The van der Waals surface area contributed by atoms with E-state index >= 15 is 0 Å². The van der Waals surface area contributed by atoms with Gasteiger partial charge >= 0.3 is 0 Å². The summed E-state index contributed by atoms with van der Waals surface area (Å²) < 4.78 is 4.59. The van der Waals surface area contributed by atoms with Crippen molar-refractivity contribution in [2.45, 2.75) is 18.5 Å². The van der Waals surface area contributed by atoms with Gasteiger partial charge in [0.25, 0.3) is 0 Å². The van der Waals surface area contributed by atoms with Crippen LogP contribution in [0.4, 0.5) is 0 Å². The fourth-order valence-corrected chi connectivity index (χ4v) is 0.948. The molecule has 0 aliphatic carbocycles. The Labute approximate surface area is 63.4 Å². The van der Waals surface area contributed by atoms with Crippen molar-refractivity contribution in [2.24, 2.45) is 5.92 Å². The van der Waals surface area contributed by atoms with Gasteiger partial charge in [0.2, 0.25) is 0 Å². The number of rotatable bonds is 0. The minimum atomic E-state index is -1.29. The monoisotopic (exact) mass is 159 g/mol. The standard InChI is InChI=1S/C6H9NO4/c7-1-3-5(9)4(8)2-11-6(3)10/h3-6,8-10H,2H2/t3-,4+,5-,6+/m0/s1. The molecule has 11 heavy (non-hydrogen) atoms. The van der Waals surface area contributed by atoms with Gasteiger partial charge in [-0.1, -0.05) is 0 Å². The summed E-state index contributed by atoms with van der Waals surface area (Å²) >= 11 is 0. The molecule has 3 N–H and O–H groups in total. The molecule has 0 aromatic rings. The average Bonchev–Trinajstić information content (AvgIpc) is 1.99. The highest BCUT2D eigenvalue weighted by Crippen LogP contribution is 2.18. The number of hydrogen-bond donors (Lipinski definition) is 3. The molecule has 5 nitrogen and oxygen atoms in total. The Balaban J connectivity index is 2.65. The van der Waals surface area contributed by atoms with Crippen LogP contribution in [0.25, 0.3) is 0 Å². The Kier molecular flexibility index (Phi) is 2.42. The average molecular weight is 159 g/mol. The Hall–Kier alpha value is -0.670. The Morgan fingerprint density at radius 2 is 2.00 bits per heavy atom. The van der Waals surface area contributed by atoms with Crippen molar-refractivity contribution in [3.05, 3.63) is 0 Å². The van der Waals surface area contributed by atoms with Crippen LogP contribution in [0.3, 0.4) is 0 Å². The number of nitrogens with zero attached hydrogens (tertiary/aromatic N) is 1. The van der Waals surface area contributed by atoms with Crippen LogP contribution in [-0.2, 0) is 4.74 Å². The molecule has 1 saturated heterocycles. The van der Waals surface area contributed by atoms with Crippen LogP contribution in [-0.4, -0.2) is 40.4 Å². The first kappa shape index (κ1) is 8.43. The molecule has 0 aromatic carbocycles. The molecule has 0 radical (unpaired) electrons. The number of aliphatic hydroxyl groups excluding tert-OH is 3. The molecule has 0 amide bonds. The third kappa shape index (κ3) is 1.49. The van der Waals surface area contributed by atoms with Gasteiger partial charge < -0.3 is 20.1 Å². The number of nitriles is 1. The van der Waals surface area contributed by atoms with Gasteiger partial charge in [0.05, 0.1) is 12.7 Å². The molecule has 0 saturated carbocycles. The highest BCUT2D eigenvalue weighted by atomic mass is 16.6. The van der Waals surface area contributed by atoms with E-state index in [0.29, 0.717) is 0 Å². The summed E-state index contributed by atoms with van der Waals surface area (Å²) in [6.07, 6.45) is -3.59. The van der Waals surface area contributed by atoms with Gasteiger partial charge in [0, 0.05) is 0 Å². The summed E-state index contributed by atoms with van der Waals surface area (Å²) in [5.74, 6) is -1.06. The quantitative estimate of drug-likeness (QED) is 0.387. The van der Waals surface area contributed by atoms with Crippen LogP contribution >= 0.6 is 0 Å². The minimum absolute atomic E-state index is 0.138. The molecular weight excluding hydrogens is 150 g/mol. The highest BCUT2D eigenvalue weighted by Gasteiger charge is 2.37. The Bertz CT molecular complexity index is 178. The zero-order valence-electron chi connectivity index (χ0n) is 5.71. The summed E-state index contributed by atoms with van der Waals surface area (Å²) in [6, 6.07) is 1.65. The first-order valence-electron chi connectivity index (χ1n) is 3.22. The number of hydrogen-bond acceptors (Lipinski definition) is 5. The smallest absolute Gasteiger partial charge is 0.173 e. The lowest BCUT2D eigenvalue weighted by Gasteiger charge is -2.31. The fraction of sp³-hybridized carbons (Fsp3) is 0.833. The predicted molar refractivity (Wildman–Crippen MR) is 33.1 cm³/mol. The van der Waals surface area contributed by atoms with Crippen LogP contribution in [0.15, 0.2) is 0 Å². The molecule has 1 fully saturated rings. The van der Waals surface area contributed by atoms with Crippen molar-refractivity contribution in [3.8, 4) is 6.07 Å². The van der Waals surface area contributed by atoms with Crippen molar-refractivity contribution in [2.75, 3.05) is 6.61 Å². The molecule has 5 heteroatoms. The predicted octanol–water partition coefficient (Wildman–Crippen LogP) is -1.80. The van der Waals surface area contributed by atoms with E-state index in [1.54, 1.807) is 6.07 Å². The summed E-state index contributed by atoms with van der Waals surface area (Å²) in [5.41, 5.74) is 0. The number of ether oxygens (including phenoxy) is 1. The van der Waals surface area contributed by atoms with E-state index in [-0.39, 0.29) is 6.61 Å². The second kappa shape index (κ2) is 3.15. The lowest BCUT2D eigenvalue weighted by Crippen LogP contribution is -2.48. The normalized spacial score (nSPS) is 44.9. The second-order valence-corrected chi connectivity index (χ2v) is 2.44. The van der Waals surface area contributed by atoms with E-state index in [1.165, 1.54) is 0 Å². The maximum absolute atomic E-state index is 9.10. The van der Waals surface area contributed by atoms with E-state index in [4.69, 9.17) is 20.6 Å². The minimum Gasteiger partial charge on any atom is -0.389 e. The fourth-order valence-electron chi connectivity index (χ4n) is 0.948. The Morgan fingerprint density at radius 3 is 2.45 bits per heavy atom.